The Hall–Kier alpha value is -3.69. The van der Waals surface area contributed by atoms with E-state index in [1.807, 2.05) is 45.3 Å². The van der Waals surface area contributed by atoms with Gasteiger partial charge in [-0.3, -0.25) is 14.1 Å². The molecular formula is C31H37BrF3N8O4P. The van der Waals surface area contributed by atoms with E-state index >= 15 is 0 Å². The predicted octanol–water partition coefficient (Wildman–Crippen LogP) is 6.55. The molecule has 0 amide bonds. The Balaban J connectivity index is 1.49. The molecule has 1 aliphatic heterocycles. The van der Waals surface area contributed by atoms with Crippen molar-refractivity contribution < 1.29 is 31.5 Å². The van der Waals surface area contributed by atoms with Gasteiger partial charge in [0.2, 0.25) is 5.95 Å². The number of methoxy groups -OCH3 is 1. The molecule has 1 fully saturated rings. The van der Waals surface area contributed by atoms with E-state index in [9.17, 15) is 17.7 Å². The minimum absolute atomic E-state index is 0.233. The summed E-state index contributed by atoms with van der Waals surface area (Å²) in [6.07, 6.45) is 0.926. The molecule has 2 aromatic heterocycles. The largest absolute Gasteiger partial charge is 0.494 e. The second-order valence-corrected chi connectivity index (χ2v) is 14.3. The first-order valence-electron chi connectivity index (χ1n) is 14.9. The highest BCUT2D eigenvalue weighted by atomic mass is 79.9. The van der Waals surface area contributed by atoms with E-state index < -0.39 is 20.3 Å². The summed E-state index contributed by atoms with van der Waals surface area (Å²) in [7, 11) is 2.38. The van der Waals surface area contributed by atoms with Crippen molar-refractivity contribution in [1.82, 2.24) is 24.6 Å². The average Bonchev–Trinajstić information content (AvgIpc) is 3.49. The zero-order chi connectivity index (χ0) is 34.8. The molecule has 0 radical (unpaired) electrons. The number of benzene rings is 2. The maximum atomic E-state index is 13.6. The molecule has 1 aliphatic rings. The lowest BCUT2D eigenvalue weighted by molar-refractivity contribution is -0.146. The fourth-order valence-electron chi connectivity index (χ4n) is 5.56. The average molecular weight is 754 g/mol. The minimum atomic E-state index is -4.25. The number of ether oxygens (including phenoxy) is 1. The van der Waals surface area contributed by atoms with Crippen molar-refractivity contribution in [3.05, 3.63) is 58.5 Å². The first kappa shape index (κ1) is 35.6. The van der Waals surface area contributed by atoms with Gasteiger partial charge in [-0.25, -0.2) is 4.98 Å². The van der Waals surface area contributed by atoms with Gasteiger partial charge in [-0.15, -0.1) is 0 Å². The van der Waals surface area contributed by atoms with Gasteiger partial charge in [-0.1, -0.05) is 6.07 Å². The summed E-state index contributed by atoms with van der Waals surface area (Å²) < 4.78 is 71.3. The number of hydrogen-bond donors (Lipinski definition) is 2. The predicted molar refractivity (Wildman–Crippen MR) is 183 cm³/mol. The Bertz CT molecular complexity index is 1820. The Labute approximate surface area is 285 Å². The maximum Gasteiger partial charge on any atom is 0.401 e. The van der Waals surface area contributed by atoms with Crippen LogP contribution in [0.15, 0.2) is 47.3 Å². The van der Waals surface area contributed by atoms with Crippen molar-refractivity contribution in [1.29, 1.82) is 0 Å². The molecule has 4 aromatic rings. The maximum absolute atomic E-state index is 13.6. The molecule has 258 valence electrons. The van der Waals surface area contributed by atoms with E-state index in [2.05, 4.69) is 41.5 Å². The van der Waals surface area contributed by atoms with Gasteiger partial charge in [-0.05, 0) is 53.0 Å². The summed E-state index contributed by atoms with van der Waals surface area (Å²) in [5.41, 5.74) is 5.14. The number of anilines is 5. The smallest absolute Gasteiger partial charge is 0.401 e. The van der Waals surface area contributed by atoms with Crippen molar-refractivity contribution in [2.75, 3.05) is 69.6 Å². The number of aryl methyl sites for hydroxylation is 2. The van der Waals surface area contributed by atoms with Crippen LogP contribution >= 0.6 is 23.5 Å². The number of hydrogen-bond acceptors (Lipinski definition) is 11. The lowest BCUT2D eigenvalue weighted by Gasteiger charge is -2.37. The molecule has 12 nitrogen and oxygen atoms in total. The standard InChI is InChI=1S/C31H37BrF3N8O4P/c1-19-7-8-24(28(20(19)2)48(44,46-5)47-6)38-29-23(32)16-36-30(40-29)39-25-13-22(21-15-37-41(3)17-21)26(14-27(25)45-4)43-11-9-42(10-12-43)18-31(33,34)35/h7-8,13-17H,9-12,18H2,1-6H3,(H2,36,38,39,40). The summed E-state index contributed by atoms with van der Waals surface area (Å²) in [4.78, 5) is 12.6. The lowest BCUT2D eigenvalue weighted by Crippen LogP contribution is -2.49. The molecule has 1 saturated heterocycles. The molecule has 5 rings (SSSR count). The highest BCUT2D eigenvalue weighted by Crippen LogP contribution is 2.49. The number of alkyl halides is 3. The van der Waals surface area contributed by atoms with Crippen LogP contribution in [0, 0.1) is 13.8 Å². The molecule has 0 aliphatic carbocycles. The van der Waals surface area contributed by atoms with Crippen LogP contribution in [0.4, 0.5) is 42.0 Å². The van der Waals surface area contributed by atoms with Crippen LogP contribution < -0.4 is 25.6 Å². The number of nitrogens with one attached hydrogen (secondary N) is 2. The van der Waals surface area contributed by atoms with Gasteiger partial charge in [0, 0.05) is 82.7 Å². The molecule has 17 heteroatoms. The van der Waals surface area contributed by atoms with Gasteiger partial charge in [0.05, 0.1) is 41.0 Å². The van der Waals surface area contributed by atoms with E-state index in [-0.39, 0.29) is 19.0 Å². The van der Waals surface area contributed by atoms with Gasteiger partial charge in [-0.2, -0.15) is 23.3 Å². The molecule has 2 N–H and O–H groups in total. The minimum Gasteiger partial charge on any atom is -0.494 e. The Morgan fingerprint density at radius 2 is 1.71 bits per heavy atom. The highest BCUT2D eigenvalue weighted by Gasteiger charge is 2.33. The van der Waals surface area contributed by atoms with E-state index in [0.717, 1.165) is 27.9 Å². The van der Waals surface area contributed by atoms with Crippen molar-refractivity contribution in [3.8, 4) is 16.9 Å². The molecule has 0 spiro atoms. The first-order valence-corrected chi connectivity index (χ1v) is 17.2. The number of rotatable bonds is 11. The summed E-state index contributed by atoms with van der Waals surface area (Å²) in [6.45, 7) is 4.17. The molecule has 2 aromatic carbocycles. The highest BCUT2D eigenvalue weighted by molar-refractivity contribution is 9.10. The monoisotopic (exact) mass is 752 g/mol. The van der Waals surface area contributed by atoms with Crippen LogP contribution in [0.2, 0.25) is 0 Å². The number of piperazine rings is 1. The third kappa shape index (κ3) is 7.78. The van der Waals surface area contributed by atoms with E-state index in [0.29, 0.717) is 45.8 Å². The van der Waals surface area contributed by atoms with Gasteiger partial charge in [0.1, 0.15) is 11.6 Å². The molecule has 0 unspecified atom stereocenters. The van der Waals surface area contributed by atoms with Crippen LogP contribution in [0.5, 0.6) is 5.75 Å². The summed E-state index contributed by atoms with van der Waals surface area (Å²) in [5.74, 6) is 1.10. The number of nitrogens with zero attached hydrogens (tertiary/aromatic N) is 6. The van der Waals surface area contributed by atoms with Crippen LogP contribution in [0.1, 0.15) is 11.1 Å². The summed E-state index contributed by atoms with van der Waals surface area (Å²) >= 11 is 3.51. The molecule has 0 atom stereocenters. The van der Waals surface area contributed by atoms with Crippen molar-refractivity contribution >= 4 is 57.7 Å². The van der Waals surface area contributed by atoms with Crippen molar-refractivity contribution in [2.45, 2.75) is 20.0 Å². The Kier molecular flexibility index (Phi) is 10.7. The van der Waals surface area contributed by atoms with Gasteiger partial charge < -0.3 is 29.3 Å². The molecular weight excluding hydrogens is 716 g/mol. The first-order chi connectivity index (χ1) is 22.7. The van der Waals surface area contributed by atoms with Crippen LogP contribution in [0.25, 0.3) is 11.1 Å². The molecule has 48 heavy (non-hydrogen) atoms. The van der Waals surface area contributed by atoms with Crippen LogP contribution in [0.3, 0.4) is 0 Å². The van der Waals surface area contributed by atoms with Crippen molar-refractivity contribution in [3.63, 3.8) is 0 Å². The van der Waals surface area contributed by atoms with Crippen LogP contribution in [-0.4, -0.2) is 84.9 Å². The van der Waals surface area contributed by atoms with Gasteiger partial charge in [0.25, 0.3) is 0 Å². The second-order valence-electron chi connectivity index (χ2n) is 11.3. The molecule has 0 saturated carbocycles. The zero-order valence-electron chi connectivity index (χ0n) is 27.4. The Morgan fingerprint density at radius 1 is 1.00 bits per heavy atom. The third-order valence-corrected chi connectivity index (χ3v) is 10.8. The Morgan fingerprint density at radius 3 is 2.31 bits per heavy atom. The fourth-order valence-corrected chi connectivity index (χ4v) is 7.38. The van der Waals surface area contributed by atoms with E-state index in [4.69, 9.17) is 18.8 Å². The number of halogens is 4. The quantitative estimate of drug-likeness (QED) is 0.163. The van der Waals surface area contributed by atoms with E-state index in [1.165, 1.54) is 26.2 Å². The second kappa shape index (κ2) is 14.4. The molecule has 3 heterocycles. The fraction of sp³-hybridized carbons (Fsp3) is 0.387. The normalized spacial score (nSPS) is 14.3. The van der Waals surface area contributed by atoms with E-state index in [1.54, 1.807) is 23.1 Å². The molecule has 0 bridgehead atoms. The number of aromatic nitrogens is 4. The van der Waals surface area contributed by atoms with Gasteiger partial charge in [0.15, 0.2) is 0 Å². The third-order valence-electron chi connectivity index (χ3n) is 8.15. The topological polar surface area (TPSA) is 119 Å². The van der Waals surface area contributed by atoms with Crippen molar-refractivity contribution in [2.24, 2.45) is 7.05 Å². The summed E-state index contributed by atoms with van der Waals surface area (Å²) in [5, 5.41) is 11.2. The SMILES string of the molecule is COc1cc(N2CCN(CC(F)(F)F)CC2)c(-c2cnn(C)c2)cc1Nc1ncc(Br)c(Nc2ccc(C)c(C)c2P(=O)(OC)OC)n1. The zero-order valence-corrected chi connectivity index (χ0v) is 29.8. The van der Waals surface area contributed by atoms with Gasteiger partial charge >= 0.3 is 13.8 Å². The summed E-state index contributed by atoms with van der Waals surface area (Å²) in [6, 6.07) is 7.43. The van der Waals surface area contributed by atoms with Crippen LogP contribution in [-0.2, 0) is 20.7 Å². The lowest BCUT2D eigenvalue weighted by atomic mass is 10.0.